The molecule has 1 atom stereocenters. The van der Waals surface area contributed by atoms with E-state index in [1.54, 1.807) is 29.2 Å². The zero-order chi connectivity index (χ0) is 17.0. The summed E-state index contributed by atoms with van der Waals surface area (Å²) >= 11 is 0. The van der Waals surface area contributed by atoms with E-state index in [1.807, 2.05) is 18.7 Å². The molecule has 0 spiro atoms. The molecule has 0 aliphatic carbocycles. The molecule has 1 unspecified atom stereocenters. The third-order valence-corrected chi connectivity index (χ3v) is 4.77. The van der Waals surface area contributed by atoms with E-state index in [2.05, 4.69) is 6.92 Å². The SMILES string of the molecule is CCN(CC)C(=O)c1ccc(C(=O)N2CCC(C)(CN)C2)cc1.Cl. The van der Waals surface area contributed by atoms with Crippen molar-refractivity contribution in [1.82, 2.24) is 9.80 Å². The fraction of sp³-hybridized carbons (Fsp3) is 0.556. The van der Waals surface area contributed by atoms with Gasteiger partial charge in [-0.3, -0.25) is 9.59 Å². The van der Waals surface area contributed by atoms with E-state index >= 15 is 0 Å². The van der Waals surface area contributed by atoms with E-state index in [-0.39, 0.29) is 29.6 Å². The largest absolute Gasteiger partial charge is 0.339 e. The molecule has 0 aromatic heterocycles. The summed E-state index contributed by atoms with van der Waals surface area (Å²) in [6, 6.07) is 6.98. The third-order valence-electron chi connectivity index (χ3n) is 4.77. The molecule has 1 aromatic carbocycles. The number of nitrogens with zero attached hydrogens (tertiary/aromatic N) is 2. The molecule has 1 aromatic rings. The van der Waals surface area contributed by atoms with Gasteiger partial charge < -0.3 is 15.5 Å². The summed E-state index contributed by atoms with van der Waals surface area (Å²) in [5, 5.41) is 0. The van der Waals surface area contributed by atoms with Gasteiger partial charge in [-0.25, -0.2) is 0 Å². The monoisotopic (exact) mass is 353 g/mol. The average Bonchev–Trinajstić information content (AvgIpc) is 2.98. The molecule has 2 amide bonds. The first-order valence-electron chi connectivity index (χ1n) is 8.32. The van der Waals surface area contributed by atoms with Crippen molar-refractivity contribution in [2.75, 3.05) is 32.7 Å². The molecule has 5 nitrogen and oxygen atoms in total. The second kappa shape index (κ2) is 8.49. The Labute approximate surface area is 150 Å². The minimum Gasteiger partial charge on any atom is -0.339 e. The van der Waals surface area contributed by atoms with E-state index in [0.29, 0.717) is 37.3 Å². The van der Waals surface area contributed by atoms with E-state index in [1.165, 1.54) is 0 Å². The van der Waals surface area contributed by atoms with Crippen LogP contribution in [0, 0.1) is 5.41 Å². The maximum Gasteiger partial charge on any atom is 0.253 e. The van der Waals surface area contributed by atoms with E-state index in [4.69, 9.17) is 5.73 Å². The third kappa shape index (κ3) is 4.28. The Balaban J connectivity index is 0.00000288. The molecule has 0 radical (unpaired) electrons. The lowest BCUT2D eigenvalue weighted by Gasteiger charge is -2.22. The van der Waals surface area contributed by atoms with Crippen LogP contribution in [0.1, 0.15) is 47.9 Å². The highest BCUT2D eigenvalue weighted by Crippen LogP contribution is 2.29. The average molecular weight is 354 g/mol. The van der Waals surface area contributed by atoms with Gasteiger partial charge in [0.15, 0.2) is 0 Å². The molecule has 0 saturated carbocycles. The first kappa shape index (κ1) is 20.5. The quantitative estimate of drug-likeness (QED) is 0.883. The van der Waals surface area contributed by atoms with E-state index in [9.17, 15) is 9.59 Å². The Hall–Kier alpha value is -1.59. The topological polar surface area (TPSA) is 66.6 Å². The van der Waals surface area contributed by atoms with Crippen LogP contribution in [0.5, 0.6) is 0 Å². The molecule has 2 rings (SSSR count). The van der Waals surface area contributed by atoms with Crippen molar-refractivity contribution in [2.45, 2.75) is 27.2 Å². The maximum atomic E-state index is 12.6. The molecule has 134 valence electrons. The van der Waals surface area contributed by atoms with Gasteiger partial charge in [0.1, 0.15) is 0 Å². The van der Waals surface area contributed by atoms with Crippen LogP contribution >= 0.6 is 12.4 Å². The van der Waals surface area contributed by atoms with Gasteiger partial charge >= 0.3 is 0 Å². The molecule has 1 saturated heterocycles. The first-order valence-corrected chi connectivity index (χ1v) is 8.32. The van der Waals surface area contributed by atoms with Crippen molar-refractivity contribution < 1.29 is 9.59 Å². The fourth-order valence-electron chi connectivity index (χ4n) is 3.00. The number of carbonyl (C=O) groups excluding carboxylic acids is 2. The van der Waals surface area contributed by atoms with Crippen molar-refractivity contribution in [2.24, 2.45) is 11.1 Å². The van der Waals surface area contributed by atoms with Gasteiger partial charge in [0.05, 0.1) is 0 Å². The lowest BCUT2D eigenvalue weighted by molar-refractivity contribution is 0.0763. The highest BCUT2D eigenvalue weighted by atomic mass is 35.5. The van der Waals surface area contributed by atoms with Gasteiger partial charge in [-0.1, -0.05) is 6.92 Å². The number of carbonyl (C=O) groups is 2. The van der Waals surface area contributed by atoms with Crippen LogP contribution in [-0.2, 0) is 0 Å². The van der Waals surface area contributed by atoms with Gasteiger partial charge in [-0.15, -0.1) is 12.4 Å². The van der Waals surface area contributed by atoms with Crippen molar-refractivity contribution in [3.63, 3.8) is 0 Å². The molecule has 1 aliphatic heterocycles. The summed E-state index contributed by atoms with van der Waals surface area (Å²) in [6.07, 6.45) is 0.938. The highest BCUT2D eigenvalue weighted by Gasteiger charge is 2.35. The van der Waals surface area contributed by atoms with Gasteiger partial charge in [0, 0.05) is 37.3 Å². The lowest BCUT2D eigenvalue weighted by Crippen LogP contribution is -2.34. The number of likely N-dealkylation sites (tertiary alicyclic amines) is 1. The molecule has 1 heterocycles. The van der Waals surface area contributed by atoms with Crippen LogP contribution in [0.25, 0.3) is 0 Å². The summed E-state index contributed by atoms with van der Waals surface area (Å²) in [5.74, 6) is 0.0230. The predicted octanol–water partition coefficient (Wildman–Crippen LogP) is 2.40. The Morgan fingerprint density at radius 1 is 1.17 bits per heavy atom. The fourth-order valence-corrected chi connectivity index (χ4v) is 3.00. The first-order chi connectivity index (χ1) is 10.9. The second-order valence-corrected chi connectivity index (χ2v) is 6.55. The van der Waals surface area contributed by atoms with Crippen molar-refractivity contribution in [3.05, 3.63) is 35.4 Å². The summed E-state index contributed by atoms with van der Waals surface area (Å²) in [5.41, 5.74) is 7.07. The Bertz CT molecular complexity index is 572. The van der Waals surface area contributed by atoms with Crippen LogP contribution in [-0.4, -0.2) is 54.3 Å². The van der Waals surface area contributed by atoms with Crippen LogP contribution in [0.4, 0.5) is 0 Å². The number of nitrogens with two attached hydrogens (primary N) is 1. The zero-order valence-corrected chi connectivity index (χ0v) is 15.6. The Kier molecular flexibility index (Phi) is 7.24. The molecule has 6 heteroatoms. The van der Waals surface area contributed by atoms with Crippen molar-refractivity contribution in [1.29, 1.82) is 0 Å². The summed E-state index contributed by atoms with van der Waals surface area (Å²) in [6.45, 7) is 9.43. The smallest absolute Gasteiger partial charge is 0.253 e. The van der Waals surface area contributed by atoms with E-state index in [0.717, 1.165) is 13.0 Å². The molecule has 2 N–H and O–H groups in total. The number of halogens is 1. The summed E-state index contributed by atoms with van der Waals surface area (Å²) < 4.78 is 0. The van der Waals surface area contributed by atoms with Crippen LogP contribution in [0.15, 0.2) is 24.3 Å². The number of hydrogen-bond acceptors (Lipinski definition) is 3. The molecular weight excluding hydrogens is 326 g/mol. The van der Waals surface area contributed by atoms with Crippen molar-refractivity contribution >= 4 is 24.2 Å². The molecule has 24 heavy (non-hydrogen) atoms. The van der Waals surface area contributed by atoms with Crippen molar-refractivity contribution in [3.8, 4) is 0 Å². The van der Waals surface area contributed by atoms with Crippen LogP contribution in [0.2, 0.25) is 0 Å². The normalized spacial score (nSPS) is 19.8. The minimum absolute atomic E-state index is 0. The van der Waals surface area contributed by atoms with Gasteiger partial charge in [-0.2, -0.15) is 0 Å². The Morgan fingerprint density at radius 2 is 1.71 bits per heavy atom. The van der Waals surface area contributed by atoms with E-state index < -0.39 is 0 Å². The van der Waals surface area contributed by atoms with Gasteiger partial charge in [0.2, 0.25) is 0 Å². The molecule has 1 aliphatic rings. The maximum absolute atomic E-state index is 12.6. The number of amides is 2. The highest BCUT2D eigenvalue weighted by molar-refractivity contribution is 5.98. The zero-order valence-electron chi connectivity index (χ0n) is 14.7. The summed E-state index contributed by atoms with van der Waals surface area (Å²) in [4.78, 5) is 28.5. The van der Waals surface area contributed by atoms with Crippen LogP contribution in [0.3, 0.4) is 0 Å². The lowest BCUT2D eigenvalue weighted by atomic mass is 9.90. The Morgan fingerprint density at radius 3 is 2.17 bits per heavy atom. The molecule has 1 fully saturated rings. The molecule has 0 bridgehead atoms. The minimum atomic E-state index is 0. The molecular formula is C18H28ClN3O2. The summed E-state index contributed by atoms with van der Waals surface area (Å²) in [7, 11) is 0. The number of rotatable bonds is 5. The number of hydrogen-bond donors (Lipinski definition) is 1. The van der Waals surface area contributed by atoms with Gasteiger partial charge in [0.25, 0.3) is 11.8 Å². The predicted molar refractivity (Wildman–Crippen MR) is 98.6 cm³/mol. The standard InChI is InChI=1S/C18H27N3O2.ClH/c1-4-20(5-2)16(22)14-6-8-15(9-7-14)17(23)21-11-10-18(3,12-19)13-21;/h6-9H,4-5,10-13,19H2,1-3H3;1H. The second-order valence-electron chi connectivity index (χ2n) is 6.55. The van der Waals surface area contributed by atoms with Crippen LogP contribution < -0.4 is 5.73 Å². The van der Waals surface area contributed by atoms with Gasteiger partial charge in [-0.05, 0) is 56.5 Å². The number of benzene rings is 1.